The Balaban J connectivity index is 2.03. The van der Waals surface area contributed by atoms with Crippen molar-refractivity contribution in [1.82, 2.24) is 0 Å². The van der Waals surface area contributed by atoms with E-state index in [1.165, 1.54) is 32.1 Å². The molecule has 0 radical (unpaired) electrons. The summed E-state index contributed by atoms with van der Waals surface area (Å²) in [6.45, 7) is 3.16. The van der Waals surface area contributed by atoms with Gasteiger partial charge in [-0.3, -0.25) is 0 Å². The van der Waals surface area contributed by atoms with Crippen LogP contribution in [0.1, 0.15) is 49.7 Å². The highest BCUT2D eigenvalue weighted by Crippen LogP contribution is 2.59. The van der Waals surface area contributed by atoms with Crippen molar-refractivity contribution in [2.24, 2.45) is 17.1 Å². The van der Waals surface area contributed by atoms with Crippen molar-refractivity contribution < 1.29 is 0 Å². The van der Waals surface area contributed by atoms with E-state index in [2.05, 4.69) is 31.2 Å². The van der Waals surface area contributed by atoms with Crippen LogP contribution >= 0.6 is 0 Å². The summed E-state index contributed by atoms with van der Waals surface area (Å²) in [5, 5.41) is 0. The minimum absolute atomic E-state index is 0.604. The third kappa shape index (κ3) is 1.63. The number of aryl methyl sites for hydroxylation is 1. The fourth-order valence-corrected chi connectivity index (χ4v) is 4.17. The van der Waals surface area contributed by atoms with E-state index in [4.69, 9.17) is 5.73 Å². The molecule has 2 aliphatic rings. The third-order valence-electron chi connectivity index (χ3n) is 5.23. The van der Waals surface area contributed by atoms with E-state index >= 15 is 0 Å². The van der Waals surface area contributed by atoms with Gasteiger partial charge in [0.2, 0.25) is 0 Å². The van der Waals surface area contributed by atoms with Gasteiger partial charge < -0.3 is 5.73 Å². The van der Waals surface area contributed by atoms with Crippen LogP contribution in [-0.2, 0) is 6.42 Å². The lowest BCUT2D eigenvalue weighted by atomic mass is 9.51. The molecule has 0 heterocycles. The molecule has 2 aliphatic carbocycles. The average molecular weight is 229 g/mol. The zero-order valence-electron chi connectivity index (χ0n) is 10.8. The highest BCUT2D eigenvalue weighted by molar-refractivity contribution is 5.36. The molecule has 3 rings (SSSR count). The lowest BCUT2D eigenvalue weighted by molar-refractivity contribution is 0.0461. The molecule has 1 aromatic carbocycles. The summed E-state index contributed by atoms with van der Waals surface area (Å²) in [5.74, 6) is 1.34. The Bertz CT molecular complexity index is 406. The second-order valence-electron chi connectivity index (χ2n) is 6.11. The molecule has 1 nitrogen and oxygen atoms in total. The Hall–Kier alpha value is -0.820. The molecule has 1 fully saturated rings. The largest absolute Gasteiger partial charge is 0.330 e. The van der Waals surface area contributed by atoms with Gasteiger partial charge in [0.25, 0.3) is 0 Å². The normalized spacial score (nSPS) is 27.3. The lowest BCUT2D eigenvalue weighted by Gasteiger charge is -2.53. The molecular weight excluding hydrogens is 206 g/mol. The summed E-state index contributed by atoms with van der Waals surface area (Å²) in [6.07, 6.45) is 6.95. The van der Waals surface area contributed by atoms with E-state index in [0.717, 1.165) is 6.54 Å². The van der Waals surface area contributed by atoms with Crippen LogP contribution < -0.4 is 5.73 Å². The van der Waals surface area contributed by atoms with Crippen molar-refractivity contribution >= 4 is 0 Å². The molecule has 0 aromatic heterocycles. The van der Waals surface area contributed by atoms with Crippen LogP contribution in [0.15, 0.2) is 24.3 Å². The predicted molar refractivity (Wildman–Crippen MR) is 72.0 cm³/mol. The number of hydrogen-bond acceptors (Lipinski definition) is 1. The monoisotopic (exact) mass is 229 g/mol. The van der Waals surface area contributed by atoms with E-state index in [-0.39, 0.29) is 0 Å². The summed E-state index contributed by atoms with van der Waals surface area (Å²) in [6, 6.07) is 9.05. The Labute approximate surface area is 104 Å². The summed E-state index contributed by atoms with van der Waals surface area (Å²) in [4.78, 5) is 0. The zero-order chi connectivity index (χ0) is 11.9. The van der Waals surface area contributed by atoms with Crippen LogP contribution in [-0.4, -0.2) is 6.54 Å². The Morgan fingerprint density at radius 2 is 2.06 bits per heavy atom. The van der Waals surface area contributed by atoms with Crippen LogP contribution in [0.2, 0.25) is 0 Å². The quantitative estimate of drug-likeness (QED) is 0.825. The van der Waals surface area contributed by atoms with Gasteiger partial charge in [0.05, 0.1) is 0 Å². The van der Waals surface area contributed by atoms with Gasteiger partial charge in [-0.2, -0.15) is 0 Å². The van der Waals surface area contributed by atoms with Crippen LogP contribution in [0.3, 0.4) is 0 Å². The van der Waals surface area contributed by atoms with Crippen molar-refractivity contribution in [3.05, 3.63) is 35.4 Å². The number of hydrogen-bond donors (Lipinski definition) is 1. The minimum atomic E-state index is 0.604. The molecule has 2 atom stereocenters. The van der Waals surface area contributed by atoms with Gasteiger partial charge in [-0.15, -0.1) is 0 Å². The van der Waals surface area contributed by atoms with Crippen molar-refractivity contribution in [1.29, 1.82) is 0 Å². The topological polar surface area (TPSA) is 26.0 Å². The fraction of sp³-hybridized carbons (Fsp3) is 0.625. The Kier molecular flexibility index (Phi) is 2.74. The molecule has 0 amide bonds. The maximum absolute atomic E-state index is 5.96. The van der Waals surface area contributed by atoms with Crippen LogP contribution in [0.5, 0.6) is 0 Å². The van der Waals surface area contributed by atoms with Crippen molar-refractivity contribution in [2.45, 2.75) is 44.9 Å². The summed E-state index contributed by atoms with van der Waals surface area (Å²) >= 11 is 0. The van der Waals surface area contributed by atoms with Crippen molar-refractivity contribution in [2.75, 3.05) is 6.54 Å². The number of fused-ring (bicyclic) bond motifs is 1. The number of benzene rings is 1. The van der Waals surface area contributed by atoms with Gasteiger partial charge in [0, 0.05) is 0 Å². The zero-order valence-corrected chi connectivity index (χ0v) is 10.8. The molecule has 92 valence electrons. The standard InChI is InChI=1S/C16H23N/c1-12(11-17)15-14-6-3-2-5-13(14)7-10-16(15)8-4-9-16/h2-3,5-6,12,15H,4,7-11,17H2,1H3. The molecule has 1 spiro atoms. The molecular formula is C16H23N. The first-order valence-electron chi connectivity index (χ1n) is 7.05. The van der Waals surface area contributed by atoms with Gasteiger partial charge in [-0.05, 0) is 60.6 Å². The molecule has 1 aromatic rings. The van der Waals surface area contributed by atoms with Crippen molar-refractivity contribution in [3.8, 4) is 0 Å². The first kappa shape index (κ1) is 11.3. The third-order valence-corrected chi connectivity index (χ3v) is 5.23. The Morgan fingerprint density at radius 1 is 1.29 bits per heavy atom. The smallest absolute Gasteiger partial charge is 0.00454 e. The number of nitrogens with two attached hydrogens (primary N) is 1. The number of rotatable bonds is 2. The molecule has 1 saturated carbocycles. The highest BCUT2D eigenvalue weighted by atomic mass is 14.6. The summed E-state index contributed by atoms with van der Waals surface area (Å²) in [5.41, 5.74) is 9.75. The van der Waals surface area contributed by atoms with Crippen molar-refractivity contribution in [3.63, 3.8) is 0 Å². The van der Waals surface area contributed by atoms with E-state index in [0.29, 0.717) is 17.3 Å². The lowest BCUT2D eigenvalue weighted by Crippen LogP contribution is -2.43. The van der Waals surface area contributed by atoms with Crippen LogP contribution in [0.25, 0.3) is 0 Å². The highest BCUT2D eigenvalue weighted by Gasteiger charge is 2.48. The maximum atomic E-state index is 5.96. The molecule has 2 unspecified atom stereocenters. The first-order valence-corrected chi connectivity index (χ1v) is 7.05. The predicted octanol–water partition coefficient (Wildman–Crippen LogP) is 3.48. The van der Waals surface area contributed by atoms with E-state index in [1.807, 2.05) is 0 Å². The molecule has 2 N–H and O–H groups in total. The minimum Gasteiger partial charge on any atom is -0.330 e. The maximum Gasteiger partial charge on any atom is -0.00454 e. The van der Waals surface area contributed by atoms with Gasteiger partial charge in [0.15, 0.2) is 0 Å². The second-order valence-corrected chi connectivity index (χ2v) is 6.11. The van der Waals surface area contributed by atoms with Crippen LogP contribution in [0, 0.1) is 11.3 Å². The summed E-state index contributed by atoms with van der Waals surface area (Å²) in [7, 11) is 0. The average Bonchev–Trinajstić information content (AvgIpc) is 2.34. The molecule has 1 heteroatoms. The van der Waals surface area contributed by atoms with Gasteiger partial charge >= 0.3 is 0 Å². The molecule has 0 bridgehead atoms. The summed E-state index contributed by atoms with van der Waals surface area (Å²) < 4.78 is 0. The van der Waals surface area contributed by atoms with E-state index in [9.17, 15) is 0 Å². The Morgan fingerprint density at radius 3 is 2.71 bits per heavy atom. The van der Waals surface area contributed by atoms with Crippen LogP contribution in [0.4, 0.5) is 0 Å². The first-order chi connectivity index (χ1) is 8.27. The second kappa shape index (κ2) is 4.13. The van der Waals surface area contributed by atoms with Gasteiger partial charge in [-0.25, -0.2) is 0 Å². The van der Waals surface area contributed by atoms with Gasteiger partial charge in [0.1, 0.15) is 0 Å². The molecule has 0 saturated heterocycles. The fourth-order valence-electron chi connectivity index (χ4n) is 4.17. The molecule has 17 heavy (non-hydrogen) atoms. The SMILES string of the molecule is CC(CN)C1c2ccccc2CCC12CCC2. The van der Waals surface area contributed by atoms with Gasteiger partial charge in [-0.1, -0.05) is 37.6 Å². The molecule has 0 aliphatic heterocycles. The van der Waals surface area contributed by atoms with E-state index < -0.39 is 0 Å². The van der Waals surface area contributed by atoms with E-state index in [1.54, 1.807) is 11.1 Å².